The van der Waals surface area contributed by atoms with Gasteiger partial charge in [0.25, 0.3) is 5.91 Å². The number of anilines is 1. The van der Waals surface area contributed by atoms with E-state index in [9.17, 15) is 14.0 Å². The number of halogens is 2. The molecule has 186 valence electrons. The molecule has 1 saturated heterocycles. The third-order valence-electron chi connectivity index (χ3n) is 6.01. The predicted octanol–water partition coefficient (Wildman–Crippen LogP) is 4.30. The highest BCUT2D eigenvalue weighted by Crippen LogP contribution is 2.26. The van der Waals surface area contributed by atoms with Crippen molar-refractivity contribution in [3.8, 4) is 11.3 Å². The van der Waals surface area contributed by atoms with Gasteiger partial charge in [0.2, 0.25) is 5.91 Å². The molecule has 7 nitrogen and oxygen atoms in total. The Balaban J connectivity index is 1.38. The van der Waals surface area contributed by atoms with Crippen molar-refractivity contribution >= 4 is 29.2 Å². The summed E-state index contributed by atoms with van der Waals surface area (Å²) in [6.07, 6.45) is 2.30. The van der Waals surface area contributed by atoms with Crippen molar-refractivity contribution in [3.63, 3.8) is 0 Å². The van der Waals surface area contributed by atoms with Crippen molar-refractivity contribution in [2.45, 2.75) is 6.42 Å². The van der Waals surface area contributed by atoms with Gasteiger partial charge in [-0.1, -0.05) is 41.9 Å². The second kappa shape index (κ2) is 11.8. The molecule has 1 aliphatic rings. The van der Waals surface area contributed by atoms with Crippen LogP contribution in [0.25, 0.3) is 11.3 Å². The molecule has 2 aromatic carbocycles. The summed E-state index contributed by atoms with van der Waals surface area (Å²) in [6.45, 7) is 6.14. The first kappa shape index (κ1) is 25.3. The fraction of sp³-hybridized carbons (Fsp3) is 0.259. The highest BCUT2D eigenvalue weighted by molar-refractivity contribution is 6.33. The molecule has 1 aliphatic heterocycles. The van der Waals surface area contributed by atoms with Gasteiger partial charge in [-0.15, -0.1) is 16.8 Å². The fourth-order valence-corrected chi connectivity index (χ4v) is 4.38. The zero-order chi connectivity index (χ0) is 25.5. The van der Waals surface area contributed by atoms with Crippen LogP contribution in [0.3, 0.4) is 0 Å². The number of rotatable bonds is 7. The minimum absolute atomic E-state index is 0.103. The Hall–Kier alpha value is -3.78. The van der Waals surface area contributed by atoms with Gasteiger partial charge in [0.15, 0.2) is 5.82 Å². The predicted molar refractivity (Wildman–Crippen MR) is 138 cm³/mol. The van der Waals surface area contributed by atoms with Gasteiger partial charge < -0.3 is 14.7 Å². The normalized spacial score (nSPS) is 13.7. The van der Waals surface area contributed by atoms with Crippen LogP contribution in [0, 0.1) is 5.82 Å². The Bertz CT molecular complexity index is 1240. The van der Waals surface area contributed by atoms with Crippen LogP contribution >= 0.6 is 11.6 Å². The van der Waals surface area contributed by atoms with E-state index in [2.05, 4.69) is 21.7 Å². The first-order valence-electron chi connectivity index (χ1n) is 11.7. The highest BCUT2D eigenvalue weighted by atomic mass is 35.5. The molecule has 0 saturated carbocycles. The van der Waals surface area contributed by atoms with Crippen molar-refractivity contribution in [2.75, 3.05) is 44.2 Å². The summed E-state index contributed by atoms with van der Waals surface area (Å²) in [4.78, 5) is 31.2. The van der Waals surface area contributed by atoms with Crippen LogP contribution in [0.15, 0.2) is 73.3 Å². The van der Waals surface area contributed by atoms with Crippen LogP contribution < -0.4 is 4.90 Å². The largest absolute Gasteiger partial charge is 0.353 e. The Kier molecular flexibility index (Phi) is 8.28. The first-order chi connectivity index (χ1) is 17.5. The molecule has 0 bridgehead atoms. The first-order valence-corrected chi connectivity index (χ1v) is 12.1. The second-order valence-electron chi connectivity index (χ2n) is 8.46. The van der Waals surface area contributed by atoms with Gasteiger partial charge in [0.05, 0.1) is 10.7 Å². The van der Waals surface area contributed by atoms with Gasteiger partial charge in [-0.2, -0.15) is 0 Å². The molecule has 36 heavy (non-hydrogen) atoms. The Morgan fingerprint density at radius 3 is 2.58 bits per heavy atom. The smallest absolute Gasteiger partial charge is 0.254 e. The molecule has 2 heterocycles. The Labute approximate surface area is 214 Å². The molecule has 1 aromatic heterocycles. The molecule has 0 atom stereocenters. The van der Waals surface area contributed by atoms with Gasteiger partial charge in [0.1, 0.15) is 12.4 Å². The lowest BCUT2D eigenvalue weighted by atomic mass is 10.1. The summed E-state index contributed by atoms with van der Waals surface area (Å²) in [6, 6.07) is 16.7. The van der Waals surface area contributed by atoms with Gasteiger partial charge in [0, 0.05) is 43.9 Å². The zero-order valence-electron chi connectivity index (χ0n) is 19.8. The molecule has 0 radical (unpaired) electrons. The zero-order valence-corrected chi connectivity index (χ0v) is 20.6. The lowest BCUT2D eigenvalue weighted by Crippen LogP contribution is -2.44. The topological polar surface area (TPSA) is 69.6 Å². The van der Waals surface area contributed by atoms with E-state index < -0.39 is 11.7 Å². The molecule has 9 heteroatoms. The van der Waals surface area contributed by atoms with Crippen molar-refractivity contribution in [1.29, 1.82) is 0 Å². The van der Waals surface area contributed by atoms with Gasteiger partial charge in [-0.3, -0.25) is 9.59 Å². The highest BCUT2D eigenvalue weighted by Gasteiger charge is 2.24. The number of hydrogen-bond acceptors (Lipinski definition) is 5. The van der Waals surface area contributed by atoms with Crippen molar-refractivity contribution in [1.82, 2.24) is 20.0 Å². The van der Waals surface area contributed by atoms with Gasteiger partial charge >= 0.3 is 0 Å². The standard InChI is InChI=1S/C27H27ClFN5O2/c1-2-13-34(27(36)20-7-5-8-21(29)18-20)19-26(35)33-15-6-14-32(16-17-33)25-12-11-24(30-31-25)22-9-3-4-10-23(22)28/h2-5,7-12,18H,1,6,13-17,19H2. The minimum Gasteiger partial charge on any atom is -0.353 e. The van der Waals surface area contributed by atoms with Crippen LogP contribution in [0.5, 0.6) is 0 Å². The van der Waals surface area contributed by atoms with Crippen LogP contribution in [-0.4, -0.2) is 71.1 Å². The maximum Gasteiger partial charge on any atom is 0.254 e. The van der Waals surface area contributed by atoms with E-state index in [-0.39, 0.29) is 24.6 Å². The molecule has 0 N–H and O–H groups in total. The number of amides is 2. The van der Waals surface area contributed by atoms with E-state index in [4.69, 9.17) is 11.6 Å². The number of hydrogen-bond donors (Lipinski definition) is 0. The summed E-state index contributed by atoms with van der Waals surface area (Å²) in [7, 11) is 0. The van der Waals surface area contributed by atoms with E-state index in [1.807, 2.05) is 36.4 Å². The summed E-state index contributed by atoms with van der Waals surface area (Å²) >= 11 is 6.27. The number of carbonyl (C=O) groups is 2. The number of benzene rings is 2. The lowest BCUT2D eigenvalue weighted by Gasteiger charge is -2.26. The van der Waals surface area contributed by atoms with Crippen LogP contribution in [0.2, 0.25) is 5.02 Å². The Morgan fingerprint density at radius 2 is 1.86 bits per heavy atom. The molecule has 0 spiro atoms. The molecule has 2 amide bonds. The molecule has 4 rings (SSSR count). The molecular formula is C27H27ClFN5O2. The number of aromatic nitrogens is 2. The fourth-order valence-electron chi connectivity index (χ4n) is 4.14. The average molecular weight is 508 g/mol. The maximum absolute atomic E-state index is 13.6. The number of nitrogens with zero attached hydrogens (tertiary/aromatic N) is 5. The van der Waals surface area contributed by atoms with Gasteiger partial charge in [-0.25, -0.2) is 4.39 Å². The van der Waals surface area contributed by atoms with Crippen LogP contribution in [0.4, 0.5) is 10.2 Å². The summed E-state index contributed by atoms with van der Waals surface area (Å²) in [5.41, 5.74) is 1.72. The number of carbonyl (C=O) groups excluding carboxylic acids is 2. The quantitative estimate of drug-likeness (QED) is 0.446. The summed E-state index contributed by atoms with van der Waals surface area (Å²) < 4.78 is 13.6. The molecule has 0 unspecified atom stereocenters. The third-order valence-corrected chi connectivity index (χ3v) is 6.34. The average Bonchev–Trinajstić information content (AvgIpc) is 3.15. The summed E-state index contributed by atoms with van der Waals surface area (Å²) in [5, 5.41) is 9.35. The van der Waals surface area contributed by atoms with E-state index in [0.29, 0.717) is 30.4 Å². The summed E-state index contributed by atoms with van der Waals surface area (Å²) in [5.74, 6) is -0.340. The van der Waals surface area contributed by atoms with Crippen molar-refractivity contribution in [3.05, 3.63) is 89.7 Å². The molecule has 1 fully saturated rings. The minimum atomic E-state index is -0.499. The Morgan fingerprint density at radius 1 is 1.03 bits per heavy atom. The lowest BCUT2D eigenvalue weighted by molar-refractivity contribution is -0.131. The second-order valence-corrected chi connectivity index (χ2v) is 8.87. The van der Waals surface area contributed by atoms with E-state index in [0.717, 1.165) is 24.3 Å². The van der Waals surface area contributed by atoms with E-state index >= 15 is 0 Å². The van der Waals surface area contributed by atoms with Crippen LogP contribution in [0.1, 0.15) is 16.8 Å². The maximum atomic E-state index is 13.6. The van der Waals surface area contributed by atoms with Gasteiger partial charge in [-0.05, 0) is 42.8 Å². The van der Waals surface area contributed by atoms with E-state index in [1.54, 1.807) is 11.0 Å². The molecular weight excluding hydrogens is 481 g/mol. The van der Waals surface area contributed by atoms with E-state index in [1.165, 1.54) is 29.2 Å². The molecule has 0 aliphatic carbocycles. The molecule has 3 aromatic rings. The third kappa shape index (κ3) is 6.07. The SMILES string of the molecule is C=CCN(CC(=O)N1CCCN(c2ccc(-c3ccccc3Cl)nn2)CC1)C(=O)c1cccc(F)c1. The van der Waals surface area contributed by atoms with Crippen molar-refractivity contribution in [2.24, 2.45) is 0 Å². The van der Waals surface area contributed by atoms with Crippen molar-refractivity contribution < 1.29 is 14.0 Å². The van der Waals surface area contributed by atoms with Crippen LogP contribution in [-0.2, 0) is 4.79 Å². The monoisotopic (exact) mass is 507 g/mol.